The summed E-state index contributed by atoms with van der Waals surface area (Å²) in [6.45, 7) is 3.08. The Balaban J connectivity index is 1.55. The molecule has 0 saturated carbocycles. The molecule has 6 nitrogen and oxygen atoms in total. The molecule has 1 N–H and O–H groups in total. The number of pyridine rings is 1. The van der Waals surface area contributed by atoms with E-state index in [1.807, 2.05) is 0 Å². The normalized spacial score (nSPS) is 21.5. The number of cyclic esters (lactones) is 1. The first-order valence-corrected chi connectivity index (χ1v) is 7.57. The fourth-order valence-electron chi connectivity index (χ4n) is 3.30. The third-order valence-corrected chi connectivity index (χ3v) is 4.44. The van der Waals surface area contributed by atoms with E-state index in [4.69, 9.17) is 4.74 Å². The summed E-state index contributed by atoms with van der Waals surface area (Å²) in [6.07, 6.45) is -0.240. The number of aromatic amines is 1. The van der Waals surface area contributed by atoms with Crippen molar-refractivity contribution in [1.82, 2.24) is 14.8 Å². The Kier molecular flexibility index (Phi) is 3.30. The number of carbonyl (C=O) groups excluding carboxylic acids is 1. The molecule has 120 valence electrons. The lowest BCUT2D eigenvalue weighted by Gasteiger charge is -2.35. The minimum atomic E-state index is -0.419. The summed E-state index contributed by atoms with van der Waals surface area (Å²) < 4.78 is 18.3. The van der Waals surface area contributed by atoms with Gasteiger partial charge in [0.25, 0.3) is 0 Å². The van der Waals surface area contributed by atoms with Crippen LogP contribution < -0.4 is 5.43 Å². The van der Waals surface area contributed by atoms with E-state index in [2.05, 4.69) is 9.88 Å². The number of hydrogen-bond donors (Lipinski definition) is 1. The van der Waals surface area contributed by atoms with E-state index in [9.17, 15) is 14.0 Å². The van der Waals surface area contributed by atoms with Crippen LogP contribution in [-0.2, 0) is 11.3 Å². The second kappa shape index (κ2) is 5.34. The van der Waals surface area contributed by atoms with Crippen LogP contribution in [0.3, 0.4) is 0 Å². The zero-order valence-electron chi connectivity index (χ0n) is 12.4. The van der Waals surface area contributed by atoms with Gasteiger partial charge in [0.1, 0.15) is 12.4 Å². The second-order valence-electron chi connectivity index (χ2n) is 6.01. The molecule has 1 aromatic carbocycles. The highest BCUT2D eigenvalue weighted by Crippen LogP contribution is 2.19. The van der Waals surface area contributed by atoms with Gasteiger partial charge >= 0.3 is 6.09 Å². The Morgan fingerprint density at radius 2 is 2.13 bits per heavy atom. The summed E-state index contributed by atoms with van der Waals surface area (Å²) in [6, 6.07) is 5.76. The molecule has 7 heteroatoms. The van der Waals surface area contributed by atoms with E-state index in [0.717, 1.165) is 18.8 Å². The second-order valence-corrected chi connectivity index (χ2v) is 6.01. The fourth-order valence-corrected chi connectivity index (χ4v) is 3.30. The van der Waals surface area contributed by atoms with Gasteiger partial charge in [0.05, 0.1) is 6.04 Å². The van der Waals surface area contributed by atoms with Crippen molar-refractivity contribution in [3.05, 3.63) is 46.0 Å². The van der Waals surface area contributed by atoms with Gasteiger partial charge in [0.15, 0.2) is 5.43 Å². The molecule has 2 aliphatic rings. The van der Waals surface area contributed by atoms with Gasteiger partial charge in [0, 0.05) is 48.8 Å². The molecule has 3 heterocycles. The number of fused-ring (bicyclic) bond motifs is 2. The van der Waals surface area contributed by atoms with E-state index < -0.39 is 5.82 Å². The van der Waals surface area contributed by atoms with Crippen LogP contribution in [-0.4, -0.2) is 53.2 Å². The molecule has 2 aromatic rings. The SMILES string of the molecule is O=C1OCC2CN(Cc3cc(=O)c4cc(F)ccc4[nH]3)CCN12. The quantitative estimate of drug-likeness (QED) is 0.907. The number of aromatic nitrogens is 1. The van der Waals surface area contributed by atoms with E-state index in [1.54, 1.807) is 11.0 Å². The number of rotatable bonds is 2. The highest BCUT2D eigenvalue weighted by Gasteiger charge is 2.37. The molecule has 0 bridgehead atoms. The zero-order chi connectivity index (χ0) is 16.0. The molecular weight excluding hydrogens is 301 g/mol. The predicted octanol–water partition coefficient (Wildman–Crippen LogP) is 1.30. The lowest BCUT2D eigenvalue weighted by atomic mass is 10.1. The van der Waals surface area contributed by atoms with Crippen molar-refractivity contribution in [1.29, 1.82) is 0 Å². The van der Waals surface area contributed by atoms with Crippen LogP contribution in [0.25, 0.3) is 10.9 Å². The van der Waals surface area contributed by atoms with Crippen molar-refractivity contribution < 1.29 is 13.9 Å². The molecule has 1 unspecified atom stereocenters. The number of nitrogens with zero attached hydrogens (tertiary/aromatic N) is 2. The summed E-state index contributed by atoms with van der Waals surface area (Å²) in [5.74, 6) is -0.419. The monoisotopic (exact) mass is 317 g/mol. The molecule has 23 heavy (non-hydrogen) atoms. The molecule has 2 fully saturated rings. The first kappa shape index (κ1) is 14.2. The summed E-state index contributed by atoms with van der Waals surface area (Å²) in [4.78, 5) is 30.8. The third-order valence-electron chi connectivity index (χ3n) is 4.44. The number of halogens is 1. The van der Waals surface area contributed by atoms with Crippen LogP contribution >= 0.6 is 0 Å². The van der Waals surface area contributed by atoms with Gasteiger partial charge in [0.2, 0.25) is 0 Å². The Hall–Kier alpha value is -2.41. The number of piperazine rings is 1. The average Bonchev–Trinajstić information content (AvgIpc) is 2.89. The number of ether oxygens (including phenoxy) is 1. The van der Waals surface area contributed by atoms with Gasteiger partial charge in [-0.25, -0.2) is 9.18 Å². The third kappa shape index (κ3) is 2.57. The van der Waals surface area contributed by atoms with Crippen LogP contribution in [0.1, 0.15) is 5.69 Å². The molecule has 2 aliphatic heterocycles. The van der Waals surface area contributed by atoms with Crippen LogP contribution in [0, 0.1) is 5.82 Å². The smallest absolute Gasteiger partial charge is 0.410 e. The summed E-state index contributed by atoms with van der Waals surface area (Å²) >= 11 is 0. The number of H-pyrrole nitrogens is 1. The zero-order valence-corrected chi connectivity index (χ0v) is 12.4. The highest BCUT2D eigenvalue weighted by molar-refractivity contribution is 5.78. The number of amides is 1. The van der Waals surface area contributed by atoms with Crippen LogP contribution in [0.4, 0.5) is 9.18 Å². The van der Waals surface area contributed by atoms with Crippen molar-refractivity contribution in [2.75, 3.05) is 26.2 Å². The highest BCUT2D eigenvalue weighted by atomic mass is 19.1. The van der Waals surface area contributed by atoms with Gasteiger partial charge in [-0.2, -0.15) is 0 Å². The lowest BCUT2D eigenvalue weighted by molar-refractivity contribution is 0.114. The molecule has 0 aliphatic carbocycles. The molecule has 0 radical (unpaired) electrons. The van der Waals surface area contributed by atoms with E-state index in [0.29, 0.717) is 30.6 Å². The molecule has 1 amide bonds. The number of nitrogens with one attached hydrogen (secondary N) is 1. The average molecular weight is 317 g/mol. The largest absolute Gasteiger partial charge is 0.447 e. The molecule has 2 saturated heterocycles. The number of carbonyl (C=O) groups is 1. The maximum Gasteiger partial charge on any atom is 0.410 e. The first-order valence-electron chi connectivity index (χ1n) is 7.57. The van der Waals surface area contributed by atoms with Gasteiger partial charge in [-0.3, -0.25) is 14.6 Å². The molecule has 1 atom stereocenters. The Morgan fingerprint density at radius 1 is 1.26 bits per heavy atom. The maximum atomic E-state index is 13.2. The minimum absolute atomic E-state index is 0.0810. The molecule has 0 spiro atoms. The topological polar surface area (TPSA) is 65.6 Å². The number of benzene rings is 1. The summed E-state index contributed by atoms with van der Waals surface area (Å²) in [5, 5.41) is 0.355. The van der Waals surface area contributed by atoms with E-state index >= 15 is 0 Å². The van der Waals surface area contributed by atoms with Crippen molar-refractivity contribution in [3.63, 3.8) is 0 Å². The van der Waals surface area contributed by atoms with E-state index in [1.165, 1.54) is 18.2 Å². The van der Waals surface area contributed by atoms with Crippen molar-refractivity contribution in [2.45, 2.75) is 12.6 Å². The van der Waals surface area contributed by atoms with Gasteiger partial charge in [-0.1, -0.05) is 0 Å². The Morgan fingerprint density at radius 3 is 3.00 bits per heavy atom. The van der Waals surface area contributed by atoms with Crippen molar-refractivity contribution in [3.8, 4) is 0 Å². The lowest BCUT2D eigenvalue weighted by Crippen LogP contribution is -2.51. The standard InChI is InChI=1S/C16H16FN3O3/c17-10-1-2-14-13(5-10)15(21)6-11(18-14)7-19-3-4-20-12(8-19)9-23-16(20)22/h1-2,5-6,12H,3-4,7-9H2,(H,18,21). The summed E-state index contributed by atoms with van der Waals surface area (Å²) in [5.41, 5.74) is 1.23. The summed E-state index contributed by atoms with van der Waals surface area (Å²) in [7, 11) is 0. The van der Waals surface area contributed by atoms with Crippen molar-refractivity contribution in [2.24, 2.45) is 0 Å². The van der Waals surface area contributed by atoms with Crippen molar-refractivity contribution >= 4 is 17.0 Å². The van der Waals surface area contributed by atoms with Gasteiger partial charge < -0.3 is 9.72 Å². The van der Waals surface area contributed by atoms with Crippen LogP contribution in [0.5, 0.6) is 0 Å². The predicted molar refractivity (Wildman–Crippen MR) is 81.6 cm³/mol. The van der Waals surface area contributed by atoms with E-state index in [-0.39, 0.29) is 17.6 Å². The van der Waals surface area contributed by atoms with Gasteiger partial charge in [-0.15, -0.1) is 0 Å². The Bertz CT molecular complexity index is 835. The minimum Gasteiger partial charge on any atom is -0.447 e. The fraction of sp³-hybridized carbons (Fsp3) is 0.375. The van der Waals surface area contributed by atoms with Crippen LogP contribution in [0.2, 0.25) is 0 Å². The molecular formula is C16H16FN3O3. The molecule has 1 aromatic heterocycles. The number of hydrogen-bond acceptors (Lipinski definition) is 4. The van der Waals surface area contributed by atoms with Crippen LogP contribution in [0.15, 0.2) is 29.1 Å². The Labute approximate surface area is 131 Å². The molecule has 4 rings (SSSR count). The maximum absolute atomic E-state index is 13.2. The van der Waals surface area contributed by atoms with Gasteiger partial charge in [-0.05, 0) is 18.2 Å². The first-order chi connectivity index (χ1) is 11.1.